The molecule has 1 aromatic carbocycles. The first-order chi connectivity index (χ1) is 12.7. The highest BCUT2D eigenvalue weighted by atomic mass is 16.5. The van der Waals surface area contributed by atoms with Gasteiger partial charge in [0, 0.05) is 13.1 Å². The number of nitrogens with zero attached hydrogens (tertiary/aromatic N) is 2. The van der Waals surface area contributed by atoms with E-state index in [0.717, 1.165) is 44.0 Å². The summed E-state index contributed by atoms with van der Waals surface area (Å²) < 4.78 is 10.6. The van der Waals surface area contributed by atoms with Crippen molar-refractivity contribution >= 4 is 5.96 Å². The van der Waals surface area contributed by atoms with E-state index in [1.807, 2.05) is 18.2 Å². The molecular formula is C20H34N4O2. The number of likely N-dealkylation sites (tertiary alicyclic amines) is 1. The third-order valence-corrected chi connectivity index (χ3v) is 4.78. The molecule has 6 heteroatoms. The van der Waals surface area contributed by atoms with Gasteiger partial charge in [0.15, 0.2) is 17.5 Å². The smallest absolute Gasteiger partial charge is 0.188 e. The number of nitrogens with two attached hydrogens (primary N) is 1. The van der Waals surface area contributed by atoms with Gasteiger partial charge in [-0.25, -0.2) is 0 Å². The molecule has 0 amide bonds. The summed E-state index contributed by atoms with van der Waals surface area (Å²) in [6.45, 7) is 5.14. The molecule has 1 aliphatic heterocycles. The molecule has 0 radical (unpaired) electrons. The van der Waals surface area contributed by atoms with Crippen molar-refractivity contribution in [1.29, 1.82) is 0 Å². The Morgan fingerprint density at radius 1 is 1.12 bits per heavy atom. The summed E-state index contributed by atoms with van der Waals surface area (Å²) in [5, 5.41) is 3.19. The molecule has 1 aliphatic rings. The minimum atomic E-state index is 0.529. The van der Waals surface area contributed by atoms with Crippen molar-refractivity contribution in [2.45, 2.75) is 38.5 Å². The third kappa shape index (κ3) is 7.12. The van der Waals surface area contributed by atoms with Crippen molar-refractivity contribution in [3.05, 3.63) is 23.8 Å². The topological polar surface area (TPSA) is 72.1 Å². The summed E-state index contributed by atoms with van der Waals surface area (Å²) in [6, 6.07) is 5.96. The lowest BCUT2D eigenvalue weighted by atomic mass is 10.1. The van der Waals surface area contributed by atoms with Crippen LogP contribution in [0.2, 0.25) is 0 Å². The van der Waals surface area contributed by atoms with Crippen LogP contribution in [0.1, 0.15) is 37.7 Å². The Kier molecular flexibility index (Phi) is 9.10. The first kappa shape index (κ1) is 20.4. The van der Waals surface area contributed by atoms with Crippen LogP contribution in [-0.2, 0) is 6.42 Å². The predicted octanol–water partition coefficient (Wildman–Crippen LogP) is 2.42. The molecule has 0 unspecified atom stereocenters. The average molecular weight is 363 g/mol. The number of aliphatic imine (C=N–C) groups is 1. The number of hydrogen-bond donors (Lipinski definition) is 2. The largest absolute Gasteiger partial charge is 0.493 e. The Balaban J connectivity index is 1.64. The van der Waals surface area contributed by atoms with E-state index in [1.165, 1.54) is 44.3 Å². The molecule has 1 fully saturated rings. The van der Waals surface area contributed by atoms with E-state index in [4.69, 9.17) is 15.2 Å². The van der Waals surface area contributed by atoms with E-state index in [2.05, 4.69) is 15.2 Å². The van der Waals surface area contributed by atoms with Gasteiger partial charge >= 0.3 is 0 Å². The minimum Gasteiger partial charge on any atom is -0.493 e. The summed E-state index contributed by atoms with van der Waals surface area (Å²) in [6.07, 6.45) is 7.35. The van der Waals surface area contributed by atoms with E-state index in [1.54, 1.807) is 14.2 Å². The number of guanidine groups is 1. The van der Waals surface area contributed by atoms with E-state index in [0.29, 0.717) is 5.96 Å². The molecule has 0 bridgehead atoms. The minimum absolute atomic E-state index is 0.529. The van der Waals surface area contributed by atoms with Crippen LogP contribution in [-0.4, -0.2) is 57.8 Å². The summed E-state index contributed by atoms with van der Waals surface area (Å²) in [5.41, 5.74) is 7.13. The lowest BCUT2D eigenvalue weighted by Gasteiger charge is -2.18. The highest BCUT2D eigenvalue weighted by Crippen LogP contribution is 2.27. The standard InChI is InChI=1S/C20H34N4O2/c1-25-18-9-8-17(16-19(18)26-2)10-12-23-20(21)22-11-7-15-24-13-5-3-4-6-14-24/h8-9,16H,3-7,10-15H2,1-2H3,(H3,21,22,23). The van der Waals surface area contributed by atoms with Crippen LogP contribution < -0.4 is 20.5 Å². The highest BCUT2D eigenvalue weighted by molar-refractivity contribution is 5.77. The molecule has 2 rings (SSSR count). The number of ether oxygens (including phenoxy) is 2. The van der Waals surface area contributed by atoms with Crippen LogP contribution in [0.5, 0.6) is 11.5 Å². The van der Waals surface area contributed by atoms with Gasteiger partial charge in [0.05, 0.1) is 14.2 Å². The molecule has 1 saturated heterocycles. The lowest BCUT2D eigenvalue weighted by Crippen LogP contribution is -2.33. The van der Waals surface area contributed by atoms with Gasteiger partial charge in [-0.2, -0.15) is 0 Å². The van der Waals surface area contributed by atoms with Gasteiger partial charge in [-0.15, -0.1) is 0 Å². The number of nitrogens with one attached hydrogen (secondary N) is 1. The number of rotatable bonds is 9. The van der Waals surface area contributed by atoms with Crippen LogP contribution in [0.4, 0.5) is 0 Å². The molecule has 1 heterocycles. The number of methoxy groups -OCH3 is 2. The zero-order valence-corrected chi connectivity index (χ0v) is 16.3. The monoisotopic (exact) mass is 362 g/mol. The summed E-state index contributed by atoms with van der Waals surface area (Å²) in [7, 11) is 3.29. The van der Waals surface area contributed by atoms with Crippen LogP contribution in [0, 0.1) is 0 Å². The summed E-state index contributed by atoms with van der Waals surface area (Å²) >= 11 is 0. The molecule has 0 spiro atoms. The quantitative estimate of drug-likeness (QED) is 0.401. The van der Waals surface area contributed by atoms with E-state index in [9.17, 15) is 0 Å². The van der Waals surface area contributed by atoms with Crippen LogP contribution in [0.25, 0.3) is 0 Å². The van der Waals surface area contributed by atoms with Gasteiger partial charge in [0.2, 0.25) is 0 Å². The molecule has 1 aromatic rings. The van der Waals surface area contributed by atoms with Gasteiger partial charge in [0.1, 0.15) is 0 Å². The van der Waals surface area contributed by atoms with E-state index >= 15 is 0 Å². The molecule has 0 aromatic heterocycles. The van der Waals surface area contributed by atoms with Gasteiger partial charge in [0.25, 0.3) is 0 Å². The number of hydrogen-bond acceptors (Lipinski definition) is 4. The Bertz CT molecular complexity index is 555. The van der Waals surface area contributed by atoms with Crippen molar-refractivity contribution < 1.29 is 9.47 Å². The molecule has 3 N–H and O–H groups in total. The molecule has 6 nitrogen and oxygen atoms in total. The summed E-state index contributed by atoms with van der Waals surface area (Å²) in [4.78, 5) is 6.99. The Labute approximate surface area is 157 Å². The first-order valence-corrected chi connectivity index (χ1v) is 9.70. The SMILES string of the molecule is COc1ccc(CCNC(N)=NCCCN2CCCCCC2)cc1OC. The zero-order chi connectivity index (χ0) is 18.6. The van der Waals surface area contributed by atoms with Crippen LogP contribution in [0.15, 0.2) is 23.2 Å². The van der Waals surface area contributed by atoms with Crippen molar-refractivity contribution in [1.82, 2.24) is 10.2 Å². The predicted molar refractivity (Wildman–Crippen MR) is 107 cm³/mol. The Morgan fingerprint density at radius 3 is 2.54 bits per heavy atom. The van der Waals surface area contributed by atoms with Crippen LogP contribution >= 0.6 is 0 Å². The fourth-order valence-electron chi connectivity index (χ4n) is 3.28. The maximum Gasteiger partial charge on any atom is 0.188 e. The normalized spacial score (nSPS) is 16.2. The maximum absolute atomic E-state index is 5.96. The van der Waals surface area contributed by atoms with Crippen molar-refractivity contribution in [3.8, 4) is 11.5 Å². The maximum atomic E-state index is 5.96. The van der Waals surface area contributed by atoms with Crippen LogP contribution in [0.3, 0.4) is 0 Å². The fourth-order valence-corrected chi connectivity index (χ4v) is 3.28. The van der Waals surface area contributed by atoms with E-state index < -0.39 is 0 Å². The highest BCUT2D eigenvalue weighted by Gasteiger charge is 2.08. The van der Waals surface area contributed by atoms with Crippen molar-refractivity contribution in [3.63, 3.8) is 0 Å². The summed E-state index contributed by atoms with van der Waals surface area (Å²) in [5.74, 6) is 2.02. The van der Waals surface area contributed by atoms with Gasteiger partial charge in [-0.1, -0.05) is 18.9 Å². The van der Waals surface area contributed by atoms with Gasteiger partial charge in [-0.05, 0) is 63.0 Å². The average Bonchev–Trinajstić information content (AvgIpc) is 2.94. The second-order valence-corrected chi connectivity index (χ2v) is 6.74. The molecule has 0 atom stereocenters. The Morgan fingerprint density at radius 2 is 1.85 bits per heavy atom. The van der Waals surface area contributed by atoms with E-state index in [-0.39, 0.29) is 0 Å². The molecular weight excluding hydrogens is 328 g/mol. The molecule has 0 aliphatic carbocycles. The third-order valence-electron chi connectivity index (χ3n) is 4.78. The second kappa shape index (κ2) is 11.6. The molecule has 146 valence electrons. The Hall–Kier alpha value is -1.95. The van der Waals surface area contributed by atoms with Gasteiger partial charge in [-0.3, -0.25) is 4.99 Å². The fraction of sp³-hybridized carbons (Fsp3) is 0.650. The first-order valence-electron chi connectivity index (χ1n) is 9.70. The molecule has 0 saturated carbocycles. The molecule has 26 heavy (non-hydrogen) atoms. The lowest BCUT2D eigenvalue weighted by molar-refractivity contribution is 0.283. The van der Waals surface area contributed by atoms with Crippen molar-refractivity contribution in [2.24, 2.45) is 10.7 Å². The zero-order valence-electron chi connectivity index (χ0n) is 16.3. The van der Waals surface area contributed by atoms with Crippen molar-refractivity contribution in [2.75, 3.05) is 46.9 Å². The second-order valence-electron chi connectivity index (χ2n) is 6.74. The number of benzene rings is 1. The van der Waals surface area contributed by atoms with Gasteiger partial charge < -0.3 is 25.4 Å².